The number of unbranched alkanes of at least 4 members (excludes halogenated alkanes) is 7. The van der Waals surface area contributed by atoms with Crippen molar-refractivity contribution in [1.29, 1.82) is 0 Å². The van der Waals surface area contributed by atoms with Crippen LogP contribution in [-0.4, -0.2) is 6.61 Å². The van der Waals surface area contributed by atoms with Crippen molar-refractivity contribution in [3.05, 3.63) is 29.8 Å². The molecule has 2 atom stereocenters. The number of ether oxygens (including phenoxy) is 1. The third kappa shape index (κ3) is 12.6. The van der Waals surface area contributed by atoms with Crippen molar-refractivity contribution >= 4 is 0 Å². The zero-order chi connectivity index (χ0) is 26.0. The summed E-state index contributed by atoms with van der Waals surface area (Å²) in [6, 6.07) is 9.10. The molecule has 2 aliphatic rings. The van der Waals surface area contributed by atoms with Crippen molar-refractivity contribution in [2.24, 2.45) is 23.7 Å². The third-order valence-corrected chi connectivity index (χ3v) is 9.93. The largest absolute Gasteiger partial charge is 0.494 e. The maximum atomic E-state index is 6.16. The third-order valence-electron chi connectivity index (χ3n) is 9.93. The Bertz CT molecular complexity index is 656. The molecule has 0 aliphatic heterocycles. The number of rotatable bonds is 19. The molecule has 0 saturated heterocycles. The maximum Gasteiger partial charge on any atom is 0.119 e. The number of hydrogen-bond donors (Lipinski definition) is 0. The Kier molecular flexibility index (Phi) is 15.8. The second-order valence-electron chi connectivity index (χ2n) is 12.9. The summed E-state index contributed by atoms with van der Waals surface area (Å²) in [5.74, 6) is 5.02. The van der Waals surface area contributed by atoms with Gasteiger partial charge in [0.05, 0.1) is 6.61 Å². The van der Waals surface area contributed by atoms with E-state index in [-0.39, 0.29) is 0 Å². The molecule has 2 unspecified atom stereocenters. The van der Waals surface area contributed by atoms with E-state index < -0.39 is 0 Å². The topological polar surface area (TPSA) is 9.23 Å². The molecule has 212 valence electrons. The molecular formula is C36H62O. The lowest BCUT2D eigenvalue weighted by molar-refractivity contribution is 0.190. The highest BCUT2D eigenvalue weighted by atomic mass is 16.5. The van der Waals surface area contributed by atoms with Gasteiger partial charge >= 0.3 is 0 Å². The van der Waals surface area contributed by atoms with Crippen LogP contribution < -0.4 is 4.74 Å². The molecule has 1 aromatic rings. The minimum Gasteiger partial charge on any atom is -0.494 e. The standard InChI is InChI=1S/C36H62O/c1-3-5-7-9-10-15-31-20-22-32(23-21-31)24-25-33-26-28-36(29-27-33)37-30-14-19-35-18-13-12-17-34(35)16-11-8-6-4-2/h26-29,31-32,34-35H,3-25,30H2,1-2H3. The lowest BCUT2D eigenvalue weighted by Gasteiger charge is -2.31. The first-order valence-electron chi connectivity index (χ1n) is 17.0. The molecule has 0 aromatic heterocycles. The van der Waals surface area contributed by atoms with Gasteiger partial charge in [-0.15, -0.1) is 0 Å². The monoisotopic (exact) mass is 510 g/mol. The van der Waals surface area contributed by atoms with Crippen LogP contribution in [0.1, 0.15) is 161 Å². The fourth-order valence-corrected chi connectivity index (χ4v) is 7.38. The van der Waals surface area contributed by atoms with Gasteiger partial charge in [-0.1, -0.05) is 148 Å². The Morgan fingerprint density at radius 3 is 1.76 bits per heavy atom. The van der Waals surface area contributed by atoms with Crippen molar-refractivity contribution in [2.75, 3.05) is 6.61 Å². The van der Waals surface area contributed by atoms with Crippen molar-refractivity contribution in [2.45, 2.75) is 162 Å². The van der Waals surface area contributed by atoms with E-state index in [2.05, 4.69) is 38.1 Å². The molecule has 0 amide bonds. The van der Waals surface area contributed by atoms with Crippen molar-refractivity contribution in [1.82, 2.24) is 0 Å². The fourth-order valence-electron chi connectivity index (χ4n) is 7.38. The lowest BCUT2D eigenvalue weighted by Crippen LogP contribution is -2.20. The Labute approximate surface area is 231 Å². The summed E-state index contributed by atoms with van der Waals surface area (Å²) >= 11 is 0. The van der Waals surface area contributed by atoms with E-state index in [0.29, 0.717) is 0 Å². The first-order valence-corrected chi connectivity index (χ1v) is 17.0. The van der Waals surface area contributed by atoms with E-state index in [4.69, 9.17) is 4.74 Å². The highest BCUT2D eigenvalue weighted by Gasteiger charge is 2.24. The predicted octanol–water partition coefficient (Wildman–Crippen LogP) is 11.7. The van der Waals surface area contributed by atoms with E-state index in [1.54, 1.807) is 0 Å². The molecule has 37 heavy (non-hydrogen) atoms. The normalized spacial score (nSPS) is 24.3. The van der Waals surface area contributed by atoms with Gasteiger partial charge in [0.25, 0.3) is 0 Å². The van der Waals surface area contributed by atoms with Gasteiger partial charge < -0.3 is 4.74 Å². The summed E-state index contributed by atoms with van der Waals surface area (Å²) in [4.78, 5) is 0. The quantitative estimate of drug-likeness (QED) is 0.168. The van der Waals surface area contributed by atoms with Gasteiger partial charge in [-0.05, 0) is 67.1 Å². The average molecular weight is 511 g/mol. The van der Waals surface area contributed by atoms with E-state index in [0.717, 1.165) is 36.0 Å². The van der Waals surface area contributed by atoms with Gasteiger partial charge in [0, 0.05) is 0 Å². The highest BCUT2D eigenvalue weighted by molar-refractivity contribution is 5.27. The second-order valence-corrected chi connectivity index (χ2v) is 12.9. The molecule has 1 heteroatoms. The first kappa shape index (κ1) is 30.6. The molecule has 0 N–H and O–H groups in total. The van der Waals surface area contributed by atoms with E-state index in [9.17, 15) is 0 Å². The van der Waals surface area contributed by atoms with Gasteiger partial charge in [-0.3, -0.25) is 0 Å². The number of benzene rings is 1. The van der Waals surface area contributed by atoms with Crippen molar-refractivity contribution in [3.8, 4) is 5.75 Å². The van der Waals surface area contributed by atoms with Gasteiger partial charge in [0.15, 0.2) is 0 Å². The summed E-state index contributed by atoms with van der Waals surface area (Å²) < 4.78 is 6.16. The van der Waals surface area contributed by atoms with Crippen LogP contribution in [0, 0.1) is 23.7 Å². The summed E-state index contributed by atoms with van der Waals surface area (Å²) in [5.41, 5.74) is 1.50. The summed E-state index contributed by atoms with van der Waals surface area (Å²) in [7, 11) is 0. The SMILES string of the molecule is CCCCCCCC1CCC(CCc2ccc(OCCCC3CCCCC3CCCCCC)cc2)CC1. The molecule has 0 spiro atoms. The van der Waals surface area contributed by atoms with Crippen LogP contribution in [-0.2, 0) is 6.42 Å². The maximum absolute atomic E-state index is 6.16. The van der Waals surface area contributed by atoms with Gasteiger partial charge in [0.2, 0.25) is 0 Å². The Hall–Kier alpha value is -0.980. The molecule has 2 fully saturated rings. The molecule has 0 radical (unpaired) electrons. The first-order chi connectivity index (χ1) is 18.3. The van der Waals surface area contributed by atoms with Crippen LogP contribution >= 0.6 is 0 Å². The number of aryl methyl sites for hydroxylation is 1. The van der Waals surface area contributed by atoms with Crippen LogP contribution in [0.4, 0.5) is 0 Å². The van der Waals surface area contributed by atoms with Crippen LogP contribution in [0.15, 0.2) is 24.3 Å². The number of hydrogen-bond acceptors (Lipinski definition) is 1. The van der Waals surface area contributed by atoms with Gasteiger partial charge in [-0.25, -0.2) is 0 Å². The Morgan fingerprint density at radius 1 is 0.568 bits per heavy atom. The van der Waals surface area contributed by atoms with E-state index in [1.807, 2.05) is 0 Å². The van der Waals surface area contributed by atoms with Gasteiger partial charge in [0.1, 0.15) is 5.75 Å². The average Bonchev–Trinajstić information content (AvgIpc) is 2.94. The molecule has 1 aromatic carbocycles. The highest BCUT2D eigenvalue weighted by Crippen LogP contribution is 2.37. The molecule has 2 saturated carbocycles. The zero-order valence-corrected chi connectivity index (χ0v) is 25.0. The molecule has 3 rings (SSSR count). The minimum atomic E-state index is 0.889. The van der Waals surface area contributed by atoms with Crippen molar-refractivity contribution in [3.63, 3.8) is 0 Å². The summed E-state index contributed by atoms with van der Waals surface area (Å²) in [6.45, 7) is 5.52. The van der Waals surface area contributed by atoms with Crippen LogP contribution in [0.2, 0.25) is 0 Å². The Morgan fingerprint density at radius 2 is 1.11 bits per heavy atom. The summed E-state index contributed by atoms with van der Waals surface area (Å²) in [5, 5.41) is 0. The van der Waals surface area contributed by atoms with Crippen LogP contribution in [0.3, 0.4) is 0 Å². The Balaban J connectivity index is 1.24. The molecule has 1 nitrogen and oxygen atoms in total. The lowest BCUT2D eigenvalue weighted by atomic mass is 9.74. The predicted molar refractivity (Wildman–Crippen MR) is 163 cm³/mol. The van der Waals surface area contributed by atoms with Crippen LogP contribution in [0.5, 0.6) is 5.75 Å². The molecular weight excluding hydrogens is 448 g/mol. The fraction of sp³-hybridized carbons (Fsp3) is 0.833. The van der Waals surface area contributed by atoms with Gasteiger partial charge in [-0.2, -0.15) is 0 Å². The molecule has 0 bridgehead atoms. The van der Waals surface area contributed by atoms with E-state index >= 15 is 0 Å². The van der Waals surface area contributed by atoms with Crippen molar-refractivity contribution < 1.29 is 4.74 Å². The zero-order valence-electron chi connectivity index (χ0n) is 25.0. The second kappa shape index (κ2) is 19.1. The van der Waals surface area contributed by atoms with E-state index in [1.165, 1.54) is 153 Å². The molecule has 2 aliphatic carbocycles. The van der Waals surface area contributed by atoms with Crippen LogP contribution in [0.25, 0.3) is 0 Å². The smallest absolute Gasteiger partial charge is 0.119 e. The summed E-state index contributed by atoms with van der Waals surface area (Å²) in [6.07, 6.45) is 32.9. The molecule has 0 heterocycles. The minimum absolute atomic E-state index is 0.889.